The van der Waals surface area contributed by atoms with Crippen molar-refractivity contribution in [1.29, 1.82) is 0 Å². The molecule has 0 spiro atoms. The van der Waals surface area contributed by atoms with Crippen molar-refractivity contribution in [3.8, 4) is 17.4 Å². The monoisotopic (exact) mass is 394 g/mol. The van der Waals surface area contributed by atoms with Gasteiger partial charge in [0.1, 0.15) is 17.3 Å². The molecule has 2 N–H and O–H groups in total. The van der Waals surface area contributed by atoms with Gasteiger partial charge in [-0.05, 0) is 24.3 Å². The second kappa shape index (κ2) is 7.59. The molecule has 0 saturated carbocycles. The third-order valence-electron chi connectivity index (χ3n) is 3.78. The molecule has 2 aromatic carbocycles. The van der Waals surface area contributed by atoms with Crippen molar-refractivity contribution in [3.63, 3.8) is 0 Å². The number of ether oxygens (including phenoxy) is 1. The zero-order chi connectivity index (χ0) is 20.4. The molecule has 146 valence electrons. The Kier molecular flexibility index (Phi) is 5.21. The predicted octanol–water partition coefficient (Wildman–Crippen LogP) is 3.66. The van der Waals surface area contributed by atoms with E-state index in [4.69, 9.17) is 4.74 Å². The van der Waals surface area contributed by atoms with Crippen LogP contribution in [0.5, 0.6) is 11.8 Å². The Hall–Kier alpha value is -3.56. The van der Waals surface area contributed by atoms with Gasteiger partial charge in [-0.25, -0.2) is 22.1 Å². The normalized spacial score (nSPS) is 10.6. The van der Waals surface area contributed by atoms with Crippen LogP contribution in [-0.4, -0.2) is 23.6 Å². The van der Waals surface area contributed by atoms with Gasteiger partial charge in [0.05, 0.1) is 5.69 Å². The van der Waals surface area contributed by atoms with Crippen LogP contribution in [0.1, 0.15) is 0 Å². The van der Waals surface area contributed by atoms with Crippen LogP contribution in [-0.2, 0) is 0 Å². The van der Waals surface area contributed by atoms with Crippen LogP contribution in [0.4, 0.5) is 29.1 Å². The van der Waals surface area contributed by atoms with Crippen molar-refractivity contribution in [2.45, 2.75) is 0 Å². The van der Waals surface area contributed by atoms with Crippen LogP contribution in [0.2, 0.25) is 0 Å². The lowest BCUT2D eigenvalue weighted by Gasteiger charge is -2.17. The smallest absolute Gasteiger partial charge is 0.311 e. The molecule has 28 heavy (non-hydrogen) atoms. The molecule has 0 aliphatic carbocycles. The molecule has 0 saturated heterocycles. The van der Waals surface area contributed by atoms with Gasteiger partial charge in [0.25, 0.3) is 5.56 Å². The number of hydrogen-bond acceptors (Lipinski definition) is 5. The van der Waals surface area contributed by atoms with E-state index in [1.165, 1.54) is 26.2 Å². The molecule has 0 amide bonds. The third-order valence-corrected chi connectivity index (χ3v) is 3.78. The fourth-order valence-electron chi connectivity index (χ4n) is 2.51. The Labute approximate surface area is 156 Å². The molecule has 10 heteroatoms. The van der Waals surface area contributed by atoms with Gasteiger partial charge < -0.3 is 15.4 Å². The molecular formula is C18H14F4N4O2. The largest absolute Gasteiger partial charge is 0.419 e. The standard InChI is InChI=1S/C18H14F4N4O2/c1-23-14-16(24-2)25-18(28-15-12(21)7-10(20)8-13(15)22)26(17(14)27)11-5-3-9(19)4-6-11/h3-8,23-24H,1-2H3. The second-order valence-corrected chi connectivity index (χ2v) is 5.54. The van der Waals surface area contributed by atoms with Crippen LogP contribution < -0.4 is 20.9 Å². The Morgan fingerprint density at radius 1 is 0.929 bits per heavy atom. The van der Waals surface area contributed by atoms with Gasteiger partial charge in [-0.2, -0.15) is 4.98 Å². The van der Waals surface area contributed by atoms with E-state index in [2.05, 4.69) is 15.6 Å². The zero-order valence-corrected chi connectivity index (χ0v) is 14.7. The maximum Gasteiger partial charge on any atom is 0.311 e. The van der Waals surface area contributed by atoms with Gasteiger partial charge >= 0.3 is 6.01 Å². The second-order valence-electron chi connectivity index (χ2n) is 5.54. The average Bonchev–Trinajstić information content (AvgIpc) is 2.65. The summed E-state index contributed by atoms with van der Waals surface area (Å²) in [6.45, 7) is 0. The number of rotatable bonds is 5. The van der Waals surface area contributed by atoms with Gasteiger partial charge in [0.2, 0.25) is 5.75 Å². The fourth-order valence-corrected chi connectivity index (χ4v) is 2.51. The van der Waals surface area contributed by atoms with E-state index in [1.807, 2.05) is 0 Å². The molecule has 0 radical (unpaired) electrons. The SMILES string of the molecule is CNc1nc(Oc2c(F)cc(F)cc2F)n(-c2ccc(F)cc2)c(=O)c1NC. The maximum absolute atomic E-state index is 14.0. The molecule has 0 aliphatic rings. The van der Waals surface area contributed by atoms with Crippen molar-refractivity contribution >= 4 is 11.5 Å². The number of nitrogens with zero attached hydrogens (tertiary/aromatic N) is 2. The molecule has 0 atom stereocenters. The minimum absolute atomic E-state index is 0.0409. The molecular weight excluding hydrogens is 380 g/mol. The number of benzene rings is 2. The Bertz CT molecular complexity index is 1060. The third kappa shape index (κ3) is 3.48. The van der Waals surface area contributed by atoms with Crippen LogP contribution in [0, 0.1) is 23.3 Å². The molecule has 0 aliphatic heterocycles. The van der Waals surface area contributed by atoms with Crippen molar-refractivity contribution in [2.24, 2.45) is 0 Å². The molecule has 1 aromatic heterocycles. The Balaban J connectivity index is 2.26. The summed E-state index contributed by atoms with van der Waals surface area (Å²) < 4.78 is 60.6. The zero-order valence-electron chi connectivity index (χ0n) is 14.7. The highest BCUT2D eigenvalue weighted by Crippen LogP contribution is 2.30. The van der Waals surface area contributed by atoms with Gasteiger partial charge in [-0.1, -0.05) is 0 Å². The topological polar surface area (TPSA) is 68.2 Å². The number of hydrogen-bond donors (Lipinski definition) is 2. The van der Waals surface area contributed by atoms with Crippen LogP contribution >= 0.6 is 0 Å². The molecule has 3 aromatic rings. The molecule has 1 heterocycles. The number of nitrogens with one attached hydrogen (secondary N) is 2. The lowest BCUT2D eigenvalue weighted by Crippen LogP contribution is -2.25. The number of anilines is 2. The quantitative estimate of drug-likeness (QED) is 0.647. The number of aromatic nitrogens is 2. The lowest BCUT2D eigenvalue weighted by atomic mass is 10.3. The van der Waals surface area contributed by atoms with E-state index in [0.717, 1.165) is 16.7 Å². The van der Waals surface area contributed by atoms with Crippen LogP contribution in [0.25, 0.3) is 5.69 Å². The summed E-state index contributed by atoms with van der Waals surface area (Å²) in [7, 11) is 2.96. The van der Waals surface area contributed by atoms with Crippen LogP contribution in [0.15, 0.2) is 41.2 Å². The summed E-state index contributed by atoms with van der Waals surface area (Å²) in [6.07, 6.45) is 0. The highest BCUT2D eigenvalue weighted by atomic mass is 19.1. The van der Waals surface area contributed by atoms with Gasteiger partial charge in [-0.3, -0.25) is 4.79 Å². The lowest BCUT2D eigenvalue weighted by molar-refractivity contribution is 0.368. The van der Waals surface area contributed by atoms with Crippen molar-refractivity contribution < 1.29 is 22.3 Å². The first-order valence-corrected chi connectivity index (χ1v) is 7.96. The van der Waals surface area contributed by atoms with Crippen molar-refractivity contribution in [1.82, 2.24) is 9.55 Å². The van der Waals surface area contributed by atoms with E-state index in [1.54, 1.807) is 0 Å². The van der Waals surface area contributed by atoms with Crippen molar-refractivity contribution in [3.05, 3.63) is 70.0 Å². The fraction of sp³-hybridized carbons (Fsp3) is 0.111. The Morgan fingerprint density at radius 3 is 2.07 bits per heavy atom. The van der Waals surface area contributed by atoms with Crippen LogP contribution in [0.3, 0.4) is 0 Å². The summed E-state index contributed by atoms with van der Waals surface area (Å²) in [6, 6.07) is 5.07. The summed E-state index contributed by atoms with van der Waals surface area (Å²) in [4.78, 5) is 17.0. The number of halogens is 4. The molecule has 0 bridgehead atoms. The molecule has 0 unspecified atom stereocenters. The van der Waals surface area contributed by atoms with E-state index in [-0.39, 0.29) is 17.2 Å². The first-order valence-electron chi connectivity index (χ1n) is 7.96. The minimum Gasteiger partial charge on any atom is -0.419 e. The first-order chi connectivity index (χ1) is 13.3. The van der Waals surface area contributed by atoms with E-state index in [9.17, 15) is 22.4 Å². The molecule has 6 nitrogen and oxygen atoms in total. The first kappa shape index (κ1) is 19.2. The molecule has 3 rings (SSSR count). The van der Waals surface area contributed by atoms with Gasteiger partial charge in [0, 0.05) is 26.2 Å². The maximum atomic E-state index is 14.0. The Morgan fingerprint density at radius 2 is 1.54 bits per heavy atom. The summed E-state index contributed by atoms with van der Waals surface area (Å²) in [5.74, 6) is -5.22. The van der Waals surface area contributed by atoms with Gasteiger partial charge in [-0.15, -0.1) is 0 Å². The minimum atomic E-state index is -1.32. The highest BCUT2D eigenvalue weighted by molar-refractivity contribution is 5.64. The average molecular weight is 394 g/mol. The van der Waals surface area contributed by atoms with E-state index >= 15 is 0 Å². The summed E-state index contributed by atoms with van der Waals surface area (Å²) in [5, 5.41) is 5.34. The molecule has 0 fully saturated rings. The highest BCUT2D eigenvalue weighted by Gasteiger charge is 2.22. The van der Waals surface area contributed by atoms with E-state index in [0.29, 0.717) is 12.1 Å². The van der Waals surface area contributed by atoms with Gasteiger partial charge in [0.15, 0.2) is 17.5 Å². The predicted molar refractivity (Wildman–Crippen MR) is 95.3 cm³/mol. The van der Waals surface area contributed by atoms with Crippen molar-refractivity contribution in [2.75, 3.05) is 24.7 Å². The summed E-state index contributed by atoms with van der Waals surface area (Å²) in [5.41, 5.74) is -0.499. The summed E-state index contributed by atoms with van der Waals surface area (Å²) >= 11 is 0. The van der Waals surface area contributed by atoms with E-state index < -0.39 is 40.6 Å².